The molecule has 0 aliphatic carbocycles. The number of anilines is 2. The van der Waals surface area contributed by atoms with Crippen molar-refractivity contribution in [3.63, 3.8) is 0 Å². The van der Waals surface area contributed by atoms with Crippen LogP contribution in [0.15, 0.2) is 109 Å². The lowest BCUT2D eigenvalue weighted by molar-refractivity contribution is -0.116. The summed E-state index contributed by atoms with van der Waals surface area (Å²) < 4.78 is 71.3. The Balaban J connectivity index is 1.36. The smallest absolute Gasteiger partial charge is 0.228 e. The van der Waals surface area contributed by atoms with E-state index < -0.39 is 46.6 Å². The van der Waals surface area contributed by atoms with Crippen molar-refractivity contribution in [1.29, 1.82) is 0 Å². The van der Waals surface area contributed by atoms with E-state index in [0.717, 1.165) is 11.1 Å². The van der Waals surface area contributed by atoms with Gasteiger partial charge < -0.3 is 20.1 Å². The third kappa shape index (κ3) is 7.04. The molecule has 0 spiro atoms. The number of hydrogen-bond donors (Lipinski definition) is 2. The lowest BCUT2D eigenvalue weighted by Crippen LogP contribution is -2.15. The van der Waals surface area contributed by atoms with Crippen LogP contribution in [-0.2, 0) is 22.4 Å². The highest BCUT2D eigenvalue weighted by Crippen LogP contribution is 2.41. The van der Waals surface area contributed by atoms with Crippen molar-refractivity contribution in [3.05, 3.63) is 144 Å². The second-order valence-corrected chi connectivity index (χ2v) is 9.53. The van der Waals surface area contributed by atoms with Crippen molar-refractivity contribution in [2.24, 2.45) is 0 Å². The third-order valence-electron chi connectivity index (χ3n) is 6.34. The molecule has 44 heavy (non-hydrogen) atoms. The molecule has 6 nitrogen and oxygen atoms in total. The van der Waals surface area contributed by atoms with Crippen LogP contribution in [0, 0.1) is 23.3 Å². The standard InChI is InChI=1S/C34H24F4N2O4/c35-29-31(37)34(44-26-18-10-8-16-24(26)40-28(42)20-22-13-5-2-6-14-22)32(38)30(36)33(29)43-25-17-9-7-15-23(25)39-27(41)19-21-11-3-1-4-12-21/h1-18H,19-20H2,(H,39,41)(H,40,42). The first-order chi connectivity index (χ1) is 21.3. The number of carbonyl (C=O) groups is 2. The van der Waals surface area contributed by atoms with E-state index in [1.54, 1.807) is 60.7 Å². The highest BCUT2D eigenvalue weighted by Gasteiger charge is 2.30. The molecule has 10 heteroatoms. The van der Waals surface area contributed by atoms with Crippen LogP contribution in [-0.4, -0.2) is 11.8 Å². The Labute approximate surface area is 249 Å². The van der Waals surface area contributed by atoms with Gasteiger partial charge in [0.1, 0.15) is 0 Å². The van der Waals surface area contributed by atoms with Crippen molar-refractivity contribution in [2.75, 3.05) is 10.6 Å². The van der Waals surface area contributed by atoms with Crippen molar-refractivity contribution < 1.29 is 36.6 Å². The molecular formula is C34H24F4N2O4. The van der Waals surface area contributed by atoms with Crippen LogP contribution in [0.3, 0.4) is 0 Å². The monoisotopic (exact) mass is 600 g/mol. The number of nitrogens with one attached hydrogen (secondary N) is 2. The zero-order chi connectivity index (χ0) is 31.1. The summed E-state index contributed by atoms with van der Waals surface area (Å²) in [7, 11) is 0. The minimum Gasteiger partial charge on any atom is -0.449 e. The molecule has 0 aliphatic rings. The van der Waals surface area contributed by atoms with Gasteiger partial charge in [-0.3, -0.25) is 9.59 Å². The minimum absolute atomic E-state index is 0.00136. The molecule has 2 N–H and O–H groups in total. The van der Waals surface area contributed by atoms with Gasteiger partial charge in [0.2, 0.25) is 46.6 Å². The molecule has 0 heterocycles. The Bertz CT molecular complexity index is 1640. The third-order valence-corrected chi connectivity index (χ3v) is 6.34. The molecule has 0 unspecified atom stereocenters. The maximum atomic E-state index is 15.2. The molecule has 0 saturated carbocycles. The summed E-state index contributed by atoms with van der Waals surface area (Å²) in [5.74, 6) is -11.6. The van der Waals surface area contributed by atoms with E-state index in [1.807, 2.05) is 0 Å². The maximum absolute atomic E-state index is 15.2. The molecule has 0 saturated heterocycles. The summed E-state index contributed by atoms with van der Waals surface area (Å²) in [4.78, 5) is 25.1. The first-order valence-corrected chi connectivity index (χ1v) is 13.4. The molecule has 5 rings (SSSR count). The van der Waals surface area contributed by atoms with Gasteiger partial charge >= 0.3 is 0 Å². The predicted molar refractivity (Wildman–Crippen MR) is 157 cm³/mol. The summed E-state index contributed by atoms with van der Waals surface area (Å²) in [6.07, 6.45) is 0.00272. The normalized spacial score (nSPS) is 10.6. The van der Waals surface area contributed by atoms with Crippen molar-refractivity contribution in [2.45, 2.75) is 12.8 Å². The molecule has 5 aromatic rings. The molecule has 0 fully saturated rings. The molecule has 0 aliphatic heterocycles. The van der Waals surface area contributed by atoms with Crippen molar-refractivity contribution in [1.82, 2.24) is 0 Å². The molecule has 222 valence electrons. The van der Waals surface area contributed by atoms with E-state index in [2.05, 4.69) is 10.6 Å². The van der Waals surface area contributed by atoms with Crippen molar-refractivity contribution >= 4 is 23.2 Å². The van der Waals surface area contributed by atoms with Gasteiger partial charge in [-0.1, -0.05) is 84.9 Å². The van der Waals surface area contributed by atoms with E-state index in [1.165, 1.54) is 48.5 Å². The van der Waals surface area contributed by atoms with Crippen LogP contribution >= 0.6 is 0 Å². The number of ether oxygens (including phenoxy) is 2. The highest BCUT2D eigenvalue weighted by atomic mass is 19.2. The van der Waals surface area contributed by atoms with Gasteiger partial charge in [0.15, 0.2) is 11.5 Å². The number of rotatable bonds is 10. The summed E-state index contributed by atoms with van der Waals surface area (Å²) in [5.41, 5.74) is 1.48. The van der Waals surface area contributed by atoms with Gasteiger partial charge in [-0.15, -0.1) is 0 Å². The Morgan fingerprint density at radius 1 is 0.477 bits per heavy atom. The molecule has 0 radical (unpaired) electrons. The van der Waals surface area contributed by atoms with E-state index in [0.29, 0.717) is 0 Å². The van der Waals surface area contributed by atoms with Crippen LogP contribution in [0.25, 0.3) is 0 Å². The fourth-order valence-corrected chi connectivity index (χ4v) is 4.26. The zero-order valence-corrected chi connectivity index (χ0v) is 23.0. The average molecular weight is 601 g/mol. The second kappa shape index (κ2) is 13.6. The van der Waals surface area contributed by atoms with Crippen molar-refractivity contribution in [3.8, 4) is 23.0 Å². The Hall–Kier alpha value is -5.64. The van der Waals surface area contributed by atoms with E-state index in [4.69, 9.17) is 9.47 Å². The largest absolute Gasteiger partial charge is 0.449 e. The molecule has 0 aromatic heterocycles. The van der Waals surface area contributed by atoms with Gasteiger partial charge in [-0.2, -0.15) is 17.6 Å². The molecular weight excluding hydrogens is 576 g/mol. The van der Waals surface area contributed by atoms with Crippen LogP contribution in [0.2, 0.25) is 0 Å². The predicted octanol–water partition coefficient (Wildman–Crippen LogP) is 8.19. The highest BCUT2D eigenvalue weighted by molar-refractivity contribution is 5.94. The van der Waals surface area contributed by atoms with Gasteiger partial charge in [0.05, 0.1) is 24.2 Å². The number of carbonyl (C=O) groups excluding carboxylic acids is 2. The summed E-state index contributed by atoms with van der Waals surface area (Å²) in [6, 6.07) is 29.0. The van der Waals surface area contributed by atoms with Crippen LogP contribution < -0.4 is 20.1 Å². The minimum atomic E-state index is -1.87. The van der Waals surface area contributed by atoms with Crippen LogP contribution in [0.5, 0.6) is 23.0 Å². The Kier molecular flexibility index (Phi) is 9.19. The van der Waals surface area contributed by atoms with Gasteiger partial charge in [-0.05, 0) is 35.4 Å². The topological polar surface area (TPSA) is 76.7 Å². The SMILES string of the molecule is O=C(Cc1ccccc1)Nc1ccccc1Oc1c(F)c(F)c(Oc2ccccc2NC(=O)Cc2ccccc2)c(F)c1F. The first kappa shape index (κ1) is 29.8. The number of amides is 2. The van der Waals surface area contributed by atoms with Gasteiger partial charge in [-0.25, -0.2) is 0 Å². The number of para-hydroxylation sites is 4. The number of halogens is 4. The van der Waals surface area contributed by atoms with Gasteiger partial charge in [0, 0.05) is 0 Å². The molecule has 2 amide bonds. The molecule has 5 aromatic carbocycles. The van der Waals surface area contributed by atoms with Gasteiger partial charge in [0.25, 0.3) is 0 Å². The summed E-state index contributed by atoms with van der Waals surface area (Å²) in [6.45, 7) is 0. The first-order valence-electron chi connectivity index (χ1n) is 13.4. The summed E-state index contributed by atoms with van der Waals surface area (Å²) >= 11 is 0. The van der Waals surface area contributed by atoms with E-state index in [9.17, 15) is 9.59 Å². The average Bonchev–Trinajstić information content (AvgIpc) is 3.03. The van der Waals surface area contributed by atoms with E-state index >= 15 is 17.6 Å². The Morgan fingerprint density at radius 3 is 1.16 bits per heavy atom. The van der Waals surface area contributed by atoms with E-state index in [-0.39, 0.29) is 35.7 Å². The fraction of sp³-hybridized carbons (Fsp3) is 0.0588. The number of benzene rings is 5. The van der Waals surface area contributed by atoms with Crippen LogP contribution in [0.4, 0.5) is 28.9 Å². The lowest BCUT2D eigenvalue weighted by atomic mass is 10.1. The maximum Gasteiger partial charge on any atom is 0.228 e. The fourth-order valence-electron chi connectivity index (χ4n) is 4.26. The zero-order valence-electron chi connectivity index (χ0n) is 23.0. The molecule has 0 atom stereocenters. The number of hydrogen-bond acceptors (Lipinski definition) is 4. The quantitative estimate of drug-likeness (QED) is 0.125. The Morgan fingerprint density at radius 2 is 0.795 bits per heavy atom. The second-order valence-electron chi connectivity index (χ2n) is 9.53. The molecule has 0 bridgehead atoms. The lowest BCUT2D eigenvalue weighted by Gasteiger charge is -2.17. The van der Waals surface area contributed by atoms with Crippen LogP contribution in [0.1, 0.15) is 11.1 Å². The summed E-state index contributed by atoms with van der Waals surface area (Å²) in [5, 5.41) is 5.15.